The third-order valence-electron chi connectivity index (χ3n) is 4.11. The number of ether oxygens (including phenoxy) is 1. The molecular formula is C19H21FN6O3S. The highest BCUT2D eigenvalue weighted by molar-refractivity contribution is 7.14. The number of thiazole rings is 1. The normalized spacial score (nSPS) is 15.5. The van der Waals surface area contributed by atoms with Gasteiger partial charge in [-0.25, -0.2) is 14.4 Å². The molecular weight excluding hydrogens is 411 g/mol. The Morgan fingerprint density at radius 3 is 2.73 bits per heavy atom. The Kier molecular flexibility index (Phi) is 7.22. The van der Waals surface area contributed by atoms with E-state index in [0.29, 0.717) is 23.1 Å². The van der Waals surface area contributed by atoms with Crippen molar-refractivity contribution in [2.24, 2.45) is 5.73 Å². The number of H-pyrrole nitrogens is 1. The second kappa shape index (κ2) is 10.1. The van der Waals surface area contributed by atoms with Gasteiger partial charge >= 0.3 is 0 Å². The first-order chi connectivity index (χ1) is 14.6. The molecule has 0 aliphatic carbocycles. The Morgan fingerprint density at radius 1 is 1.37 bits per heavy atom. The first-order valence-electron chi connectivity index (χ1n) is 9.08. The van der Waals surface area contributed by atoms with Crippen LogP contribution in [0.1, 0.15) is 5.69 Å². The third-order valence-corrected chi connectivity index (χ3v) is 4.87. The zero-order chi connectivity index (χ0) is 21.5. The van der Waals surface area contributed by atoms with Crippen molar-refractivity contribution < 1.29 is 18.7 Å². The first-order valence-corrected chi connectivity index (χ1v) is 9.96. The van der Waals surface area contributed by atoms with Crippen LogP contribution in [0.2, 0.25) is 0 Å². The monoisotopic (exact) mass is 432 g/mol. The minimum Gasteiger partial charge on any atom is -0.363 e. The van der Waals surface area contributed by atoms with E-state index in [0.717, 1.165) is 5.56 Å². The smallest absolute Gasteiger partial charge is 0.252 e. The fourth-order valence-electron chi connectivity index (χ4n) is 2.57. The molecule has 3 aromatic rings. The van der Waals surface area contributed by atoms with Crippen LogP contribution in [0, 0.1) is 5.82 Å². The number of carbonyl (C=O) groups is 2. The molecule has 1 fully saturated rings. The van der Waals surface area contributed by atoms with E-state index >= 15 is 0 Å². The van der Waals surface area contributed by atoms with Crippen LogP contribution in [0.25, 0.3) is 11.3 Å². The zero-order valence-electron chi connectivity index (χ0n) is 16.1. The van der Waals surface area contributed by atoms with E-state index in [2.05, 4.69) is 31.3 Å². The van der Waals surface area contributed by atoms with Gasteiger partial charge in [-0.1, -0.05) is 0 Å². The predicted octanol–water partition coefficient (Wildman–Crippen LogP) is 1.31. The molecule has 11 heteroatoms. The summed E-state index contributed by atoms with van der Waals surface area (Å²) in [5, 5.41) is 7.57. The summed E-state index contributed by atoms with van der Waals surface area (Å²) in [5.74, 6) is -1.06. The summed E-state index contributed by atoms with van der Waals surface area (Å²) >= 11 is 1.25. The number of nitrogens with zero attached hydrogens (tertiary/aromatic N) is 2. The van der Waals surface area contributed by atoms with Crippen molar-refractivity contribution in [3.8, 4) is 11.3 Å². The lowest BCUT2D eigenvalue weighted by molar-refractivity contribution is -0.127. The van der Waals surface area contributed by atoms with Crippen LogP contribution in [0.5, 0.6) is 0 Å². The quantitative estimate of drug-likeness (QED) is 0.415. The topological polar surface area (TPSA) is 138 Å². The van der Waals surface area contributed by atoms with E-state index in [9.17, 15) is 14.0 Å². The molecule has 158 valence electrons. The second-order valence-corrected chi connectivity index (χ2v) is 7.06. The molecule has 2 amide bonds. The van der Waals surface area contributed by atoms with Crippen LogP contribution in [-0.2, 0) is 20.7 Å². The van der Waals surface area contributed by atoms with Crippen molar-refractivity contribution in [2.75, 3.05) is 19.0 Å². The summed E-state index contributed by atoms with van der Waals surface area (Å²) in [6, 6.07) is 5.13. The number of anilines is 1. The van der Waals surface area contributed by atoms with Crippen LogP contribution in [0.4, 0.5) is 9.52 Å². The maximum absolute atomic E-state index is 13.1. The van der Waals surface area contributed by atoms with Crippen molar-refractivity contribution in [2.45, 2.75) is 18.6 Å². The number of halogens is 1. The van der Waals surface area contributed by atoms with Gasteiger partial charge in [0.05, 0.1) is 18.6 Å². The minimum atomic E-state index is -0.810. The number of epoxide rings is 1. The van der Waals surface area contributed by atoms with Crippen molar-refractivity contribution in [3.05, 3.63) is 53.7 Å². The summed E-state index contributed by atoms with van der Waals surface area (Å²) < 4.78 is 18.0. The minimum absolute atomic E-state index is 0.250. The van der Waals surface area contributed by atoms with Gasteiger partial charge in [-0.15, -0.1) is 11.3 Å². The van der Waals surface area contributed by atoms with E-state index in [1.54, 1.807) is 23.7 Å². The van der Waals surface area contributed by atoms with Crippen molar-refractivity contribution in [3.63, 3.8) is 0 Å². The zero-order valence-corrected chi connectivity index (χ0v) is 16.9. The highest BCUT2D eigenvalue weighted by Crippen LogP contribution is 2.25. The highest BCUT2D eigenvalue weighted by atomic mass is 32.1. The molecule has 0 saturated carbocycles. The lowest BCUT2D eigenvalue weighted by Gasteiger charge is -2.16. The van der Waals surface area contributed by atoms with Gasteiger partial charge in [-0.2, -0.15) is 0 Å². The third kappa shape index (κ3) is 5.69. The molecule has 2 atom stereocenters. The Labute approximate surface area is 175 Å². The molecule has 0 radical (unpaired) electrons. The number of aromatic amines is 1. The van der Waals surface area contributed by atoms with E-state index in [4.69, 9.17) is 4.74 Å². The van der Waals surface area contributed by atoms with Crippen molar-refractivity contribution in [1.29, 1.82) is 0 Å². The number of hydrogen-bond donors (Lipinski definition) is 4. The maximum Gasteiger partial charge on any atom is 0.252 e. The van der Waals surface area contributed by atoms with Gasteiger partial charge in [0.15, 0.2) is 11.2 Å². The van der Waals surface area contributed by atoms with Gasteiger partial charge < -0.3 is 26.1 Å². The Bertz CT molecular complexity index is 973. The first kappa shape index (κ1) is 21.6. The second-order valence-electron chi connectivity index (χ2n) is 6.20. The predicted molar refractivity (Wildman–Crippen MR) is 110 cm³/mol. The molecule has 1 saturated heterocycles. The van der Waals surface area contributed by atoms with E-state index in [1.807, 2.05) is 0 Å². The van der Waals surface area contributed by atoms with Gasteiger partial charge in [0, 0.05) is 29.3 Å². The lowest BCUT2D eigenvalue weighted by atomic mass is 10.1. The van der Waals surface area contributed by atoms with Crippen molar-refractivity contribution >= 4 is 28.3 Å². The standard InChI is InChI=1S/C18H16FN5O3S.CH5N/c19-11-3-1-10(2-4-11)14-8-28-18(23-14)24-16(25)13(5-12-6-20-9-21-12)22-17(26)15-7-27-15;1-2/h1-4,6,8-9,13,15H,5,7H2,(H,20,21)(H,22,26)(H,23,24,25);2H2,1H3. The molecule has 0 spiro atoms. The number of benzene rings is 1. The van der Waals surface area contributed by atoms with Crippen LogP contribution in [-0.4, -0.2) is 52.6 Å². The van der Waals surface area contributed by atoms with E-state index in [1.165, 1.54) is 36.8 Å². The summed E-state index contributed by atoms with van der Waals surface area (Å²) in [7, 11) is 1.50. The number of amides is 2. The van der Waals surface area contributed by atoms with Gasteiger partial charge in [0.1, 0.15) is 11.9 Å². The lowest BCUT2D eigenvalue weighted by Crippen LogP contribution is -2.46. The highest BCUT2D eigenvalue weighted by Gasteiger charge is 2.34. The molecule has 2 unspecified atom stereocenters. The average molecular weight is 432 g/mol. The number of imidazole rings is 1. The van der Waals surface area contributed by atoms with Crippen LogP contribution in [0.15, 0.2) is 42.2 Å². The van der Waals surface area contributed by atoms with Gasteiger partial charge in [-0.05, 0) is 31.3 Å². The number of nitrogens with two attached hydrogens (primary N) is 1. The van der Waals surface area contributed by atoms with Gasteiger partial charge in [0.2, 0.25) is 5.91 Å². The van der Waals surface area contributed by atoms with E-state index < -0.39 is 18.1 Å². The summed E-state index contributed by atoms with van der Waals surface area (Å²) in [5.41, 5.74) is 6.58. The molecule has 1 aliphatic heterocycles. The molecule has 1 aliphatic rings. The van der Waals surface area contributed by atoms with Gasteiger partial charge in [0.25, 0.3) is 5.91 Å². The largest absolute Gasteiger partial charge is 0.363 e. The molecule has 1 aromatic carbocycles. The Hall–Kier alpha value is -3.15. The molecule has 30 heavy (non-hydrogen) atoms. The Balaban J connectivity index is 0.00000124. The Morgan fingerprint density at radius 2 is 2.10 bits per heavy atom. The molecule has 2 aromatic heterocycles. The number of nitrogens with one attached hydrogen (secondary N) is 3. The number of hydrogen-bond acceptors (Lipinski definition) is 7. The van der Waals surface area contributed by atoms with Crippen molar-refractivity contribution in [1.82, 2.24) is 20.3 Å². The van der Waals surface area contributed by atoms with Gasteiger partial charge in [-0.3, -0.25) is 9.59 Å². The van der Waals surface area contributed by atoms with Crippen LogP contribution in [0.3, 0.4) is 0 Å². The van der Waals surface area contributed by atoms with Crippen LogP contribution < -0.4 is 16.4 Å². The fraction of sp³-hybridized carbons (Fsp3) is 0.263. The summed E-state index contributed by atoms with van der Waals surface area (Å²) in [6.45, 7) is 0.359. The summed E-state index contributed by atoms with van der Waals surface area (Å²) in [6.07, 6.45) is 2.85. The number of rotatable bonds is 7. The summed E-state index contributed by atoms with van der Waals surface area (Å²) in [4.78, 5) is 36.0. The molecule has 9 nitrogen and oxygen atoms in total. The van der Waals surface area contributed by atoms with E-state index in [-0.39, 0.29) is 18.1 Å². The molecule has 0 bridgehead atoms. The number of carbonyl (C=O) groups excluding carboxylic acids is 2. The molecule has 5 N–H and O–H groups in total. The SMILES string of the molecule is CN.O=C(Nc1nc(-c2ccc(F)cc2)cs1)C(Cc1cnc[nH]1)NC(=O)C1CO1. The average Bonchev–Trinajstić information content (AvgIpc) is 3.30. The fourth-order valence-corrected chi connectivity index (χ4v) is 3.29. The van der Waals surface area contributed by atoms with Crippen LogP contribution >= 0.6 is 11.3 Å². The maximum atomic E-state index is 13.1. The molecule has 4 rings (SSSR count). The number of aromatic nitrogens is 3. The molecule has 3 heterocycles.